The van der Waals surface area contributed by atoms with E-state index in [4.69, 9.17) is 5.11 Å². The van der Waals surface area contributed by atoms with Crippen molar-refractivity contribution in [1.29, 1.82) is 0 Å². The third-order valence-corrected chi connectivity index (χ3v) is 3.60. The molecule has 0 aliphatic heterocycles. The minimum absolute atomic E-state index is 0.0585. The number of amides is 2. The molecule has 21 heavy (non-hydrogen) atoms. The van der Waals surface area contributed by atoms with Gasteiger partial charge < -0.3 is 15.7 Å². The number of urea groups is 1. The number of carboxylic acids is 1. The smallest absolute Gasteiger partial charge is 0.335 e. The van der Waals surface area contributed by atoms with Gasteiger partial charge in [0.15, 0.2) is 0 Å². The molecule has 3 N–H and O–H groups in total. The molecule has 1 aromatic carbocycles. The lowest BCUT2D eigenvalue weighted by Crippen LogP contribution is -2.38. The van der Waals surface area contributed by atoms with Gasteiger partial charge in [0.1, 0.15) is 5.82 Å². The van der Waals surface area contributed by atoms with Gasteiger partial charge in [-0.05, 0) is 37.0 Å². The molecular weight excluding hydrogens is 275 g/mol. The van der Waals surface area contributed by atoms with Crippen molar-refractivity contribution in [3.63, 3.8) is 0 Å². The molecule has 1 atom stereocenters. The summed E-state index contributed by atoms with van der Waals surface area (Å²) < 4.78 is 13.6. The Kier molecular flexibility index (Phi) is 4.77. The maximum Gasteiger partial charge on any atom is 0.335 e. The number of carbonyl (C=O) groups excluding carboxylic acids is 1. The summed E-state index contributed by atoms with van der Waals surface area (Å²) in [4.78, 5) is 22.7. The summed E-state index contributed by atoms with van der Waals surface area (Å²) in [7, 11) is 0. The number of benzene rings is 1. The van der Waals surface area contributed by atoms with Crippen LogP contribution in [0, 0.1) is 11.7 Å². The normalized spacial score (nSPS) is 15.3. The number of hydrogen-bond acceptors (Lipinski definition) is 2. The van der Waals surface area contributed by atoms with Crippen molar-refractivity contribution in [3.8, 4) is 0 Å². The SMILES string of the molecule is CCC(CC1CC1)NC(=O)Nc1cc(C(=O)O)ccc1F. The Bertz CT molecular complexity index is 544. The molecule has 114 valence electrons. The fourth-order valence-electron chi connectivity index (χ4n) is 2.18. The van der Waals surface area contributed by atoms with E-state index in [9.17, 15) is 14.0 Å². The third-order valence-electron chi connectivity index (χ3n) is 3.60. The standard InChI is InChI=1S/C15H19FN2O3/c1-2-11(7-9-3-4-9)17-15(21)18-13-8-10(14(19)20)5-6-12(13)16/h5-6,8-9,11H,2-4,7H2,1H3,(H,19,20)(H2,17,18,21). The van der Waals surface area contributed by atoms with E-state index in [-0.39, 0.29) is 17.3 Å². The first-order valence-corrected chi connectivity index (χ1v) is 7.10. The summed E-state index contributed by atoms with van der Waals surface area (Å²) in [5.41, 5.74) is -0.203. The number of aromatic carboxylic acids is 1. The van der Waals surface area contributed by atoms with E-state index >= 15 is 0 Å². The van der Waals surface area contributed by atoms with Crippen LogP contribution >= 0.6 is 0 Å². The van der Waals surface area contributed by atoms with E-state index in [1.807, 2.05) is 6.92 Å². The number of rotatable bonds is 6. The Morgan fingerprint density at radius 2 is 2.14 bits per heavy atom. The molecule has 0 bridgehead atoms. The number of nitrogens with one attached hydrogen (secondary N) is 2. The van der Waals surface area contributed by atoms with Crippen molar-refractivity contribution in [3.05, 3.63) is 29.6 Å². The predicted octanol–water partition coefficient (Wildman–Crippen LogP) is 3.22. The second kappa shape index (κ2) is 6.56. The van der Waals surface area contributed by atoms with Gasteiger partial charge in [-0.25, -0.2) is 14.0 Å². The zero-order chi connectivity index (χ0) is 15.4. The van der Waals surface area contributed by atoms with E-state index in [0.29, 0.717) is 5.92 Å². The van der Waals surface area contributed by atoms with Gasteiger partial charge in [0, 0.05) is 6.04 Å². The van der Waals surface area contributed by atoms with Crippen molar-refractivity contribution < 1.29 is 19.1 Å². The number of carboxylic acid groups (broad SMARTS) is 1. The lowest BCUT2D eigenvalue weighted by Gasteiger charge is -2.17. The molecule has 2 amide bonds. The molecule has 0 saturated heterocycles. The molecule has 0 aromatic heterocycles. The first-order valence-electron chi connectivity index (χ1n) is 7.10. The number of hydrogen-bond donors (Lipinski definition) is 3. The van der Waals surface area contributed by atoms with Gasteiger partial charge in [0.05, 0.1) is 11.3 Å². The van der Waals surface area contributed by atoms with Gasteiger partial charge in [-0.1, -0.05) is 19.8 Å². The highest BCUT2D eigenvalue weighted by atomic mass is 19.1. The summed E-state index contributed by atoms with van der Waals surface area (Å²) in [6.45, 7) is 1.99. The van der Waals surface area contributed by atoms with Crippen LogP contribution in [-0.2, 0) is 0 Å². The molecule has 0 heterocycles. The van der Waals surface area contributed by atoms with Crippen LogP contribution in [-0.4, -0.2) is 23.1 Å². The first kappa shape index (κ1) is 15.3. The number of halogens is 1. The van der Waals surface area contributed by atoms with Crippen LogP contribution in [0.3, 0.4) is 0 Å². The summed E-state index contributed by atoms with van der Waals surface area (Å²) in [6.07, 6.45) is 4.15. The summed E-state index contributed by atoms with van der Waals surface area (Å²) >= 11 is 0. The molecule has 1 aliphatic rings. The number of anilines is 1. The maximum atomic E-state index is 13.6. The Hall–Kier alpha value is -2.11. The van der Waals surface area contributed by atoms with E-state index < -0.39 is 17.8 Å². The highest BCUT2D eigenvalue weighted by Gasteiger charge is 2.25. The molecule has 1 unspecified atom stereocenters. The first-order chi connectivity index (χ1) is 9.99. The molecule has 1 fully saturated rings. The highest BCUT2D eigenvalue weighted by molar-refractivity contribution is 5.93. The van der Waals surface area contributed by atoms with Crippen LogP contribution in [0.15, 0.2) is 18.2 Å². The quantitative estimate of drug-likeness (QED) is 0.753. The summed E-state index contributed by atoms with van der Waals surface area (Å²) in [5, 5.41) is 14.0. The molecule has 1 aromatic rings. The van der Waals surface area contributed by atoms with Crippen LogP contribution in [0.4, 0.5) is 14.9 Å². The highest BCUT2D eigenvalue weighted by Crippen LogP contribution is 2.34. The largest absolute Gasteiger partial charge is 0.478 e. The Morgan fingerprint density at radius 3 is 2.71 bits per heavy atom. The lowest BCUT2D eigenvalue weighted by molar-refractivity contribution is 0.0697. The van der Waals surface area contributed by atoms with Gasteiger partial charge in [-0.2, -0.15) is 0 Å². The van der Waals surface area contributed by atoms with Crippen LogP contribution in [0.25, 0.3) is 0 Å². The molecule has 2 rings (SSSR count). The second-order valence-electron chi connectivity index (χ2n) is 5.38. The molecular formula is C15H19FN2O3. The monoisotopic (exact) mass is 294 g/mol. The van der Waals surface area contributed by atoms with Crippen LogP contribution in [0.1, 0.15) is 43.0 Å². The Morgan fingerprint density at radius 1 is 1.43 bits per heavy atom. The zero-order valence-corrected chi connectivity index (χ0v) is 11.9. The molecule has 5 nitrogen and oxygen atoms in total. The van der Waals surface area contributed by atoms with E-state index in [1.54, 1.807) is 0 Å². The van der Waals surface area contributed by atoms with Gasteiger partial charge >= 0.3 is 12.0 Å². The van der Waals surface area contributed by atoms with Crippen molar-refractivity contribution in [1.82, 2.24) is 5.32 Å². The van der Waals surface area contributed by atoms with Crippen LogP contribution in [0.2, 0.25) is 0 Å². The van der Waals surface area contributed by atoms with Crippen molar-refractivity contribution >= 4 is 17.7 Å². The average molecular weight is 294 g/mol. The Balaban J connectivity index is 1.97. The van der Waals surface area contributed by atoms with Gasteiger partial charge in [0.25, 0.3) is 0 Å². The average Bonchev–Trinajstić information content (AvgIpc) is 3.24. The fraction of sp³-hybridized carbons (Fsp3) is 0.467. The van der Waals surface area contributed by atoms with Crippen molar-refractivity contribution in [2.24, 2.45) is 5.92 Å². The van der Waals surface area contributed by atoms with Crippen molar-refractivity contribution in [2.45, 2.75) is 38.6 Å². The molecule has 0 spiro atoms. The van der Waals surface area contributed by atoms with E-state index in [0.717, 1.165) is 31.0 Å². The fourth-order valence-corrected chi connectivity index (χ4v) is 2.18. The molecule has 1 aliphatic carbocycles. The maximum absolute atomic E-state index is 13.6. The second-order valence-corrected chi connectivity index (χ2v) is 5.38. The molecule has 0 radical (unpaired) electrons. The zero-order valence-electron chi connectivity index (χ0n) is 11.9. The van der Waals surface area contributed by atoms with Gasteiger partial charge in [-0.3, -0.25) is 0 Å². The Labute approximate surface area is 122 Å². The minimum atomic E-state index is -1.17. The minimum Gasteiger partial charge on any atom is -0.478 e. The van der Waals surface area contributed by atoms with Crippen molar-refractivity contribution in [2.75, 3.05) is 5.32 Å². The van der Waals surface area contributed by atoms with Gasteiger partial charge in [0.2, 0.25) is 0 Å². The molecule has 1 saturated carbocycles. The van der Waals surface area contributed by atoms with E-state index in [1.165, 1.54) is 12.8 Å². The third kappa shape index (κ3) is 4.44. The van der Waals surface area contributed by atoms with Crippen LogP contribution in [0.5, 0.6) is 0 Å². The van der Waals surface area contributed by atoms with Gasteiger partial charge in [-0.15, -0.1) is 0 Å². The summed E-state index contributed by atoms with van der Waals surface area (Å²) in [6, 6.07) is 2.84. The topological polar surface area (TPSA) is 78.4 Å². The number of carbonyl (C=O) groups is 2. The summed E-state index contributed by atoms with van der Waals surface area (Å²) in [5.74, 6) is -1.15. The molecule has 6 heteroatoms. The predicted molar refractivity (Wildman–Crippen MR) is 76.9 cm³/mol. The lowest BCUT2D eigenvalue weighted by atomic mass is 10.1. The van der Waals surface area contributed by atoms with Crippen LogP contribution < -0.4 is 10.6 Å². The van der Waals surface area contributed by atoms with E-state index in [2.05, 4.69) is 10.6 Å².